The lowest BCUT2D eigenvalue weighted by Crippen LogP contribution is -2.27. The lowest BCUT2D eigenvalue weighted by molar-refractivity contribution is -0.558. The van der Waals surface area contributed by atoms with Crippen molar-refractivity contribution in [2.24, 2.45) is 0 Å². The first-order valence-corrected chi connectivity index (χ1v) is 8.37. The van der Waals surface area contributed by atoms with E-state index in [1.54, 1.807) is 0 Å². The molecule has 2 heterocycles. The molecular weight excluding hydrogens is 373 g/mol. The van der Waals surface area contributed by atoms with Gasteiger partial charge < -0.3 is 10.6 Å². The van der Waals surface area contributed by atoms with E-state index in [1.165, 1.54) is 21.3 Å². The lowest BCUT2D eigenvalue weighted by Gasteiger charge is -2.05. The third kappa shape index (κ3) is 3.03. The molecule has 0 bridgehead atoms. The number of hydrogen-bond donors (Lipinski definition) is 1. The molecule has 0 spiro atoms. The zero-order chi connectivity index (χ0) is 19.3. The largest absolute Gasteiger partial charge is 0.870 e. The first-order valence-electron chi connectivity index (χ1n) is 8.37. The summed E-state index contributed by atoms with van der Waals surface area (Å²) in [4.78, 5) is 4.56. The van der Waals surface area contributed by atoms with Crippen molar-refractivity contribution in [3.8, 4) is 11.6 Å². The molecule has 0 radical (unpaired) electrons. The Morgan fingerprint density at radius 1 is 1.04 bits per heavy atom. The molecule has 2 aromatic carbocycles. The molecule has 0 fully saturated rings. The molecular formula is C19H17F3N4O2. The number of hydrogen-bond acceptors (Lipinski definition) is 4. The quantitative estimate of drug-likeness (QED) is 0.527. The average Bonchev–Trinajstić information content (AvgIpc) is 2.97. The van der Waals surface area contributed by atoms with Crippen molar-refractivity contribution in [1.82, 2.24) is 14.9 Å². The summed E-state index contributed by atoms with van der Waals surface area (Å²) < 4.78 is 41.0. The van der Waals surface area contributed by atoms with E-state index in [0.29, 0.717) is 5.69 Å². The second-order valence-corrected chi connectivity index (χ2v) is 6.57. The van der Waals surface area contributed by atoms with E-state index in [2.05, 4.69) is 10.2 Å². The van der Waals surface area contributed by atoms with Crippen LogP contribution in [0.15, 0.2) is 48.5 Å². The molecule has 2 aromatic heterocycles. The van der Waals surface area contributed by atoms with Gasteiger partial charge in [-0.3, -0.25) is 0 Å². The summed E-state index contributed by atoms with van der Waals surface area (Å²) >= 11 is 0. The number of benzene rings is 2. The van der Waals surface area contributed by atoms with Crippen LogP contribution in [0.25, 0.3) is 22.2 Å². The number of aromatic nitrogens is 4. The highest BCUT2D eigenvalue weighted by Gasteiger charge is 2.31. The fraction of sp³-hybridized carbons (Fsp3) is 0.211. The molecule has 0 atom stereocenters. The van der Waals surface area contributed by atoms with E-state index in [1.807, 2.05) is 38.1 Å². The highest BCUT2D eigenvalue weighted by atomic mass is 19.4. The molecule has 0 saturated heterocycles. The van der Waals surface area contributed by atoms with Crippen LogP contribution < -0.4 is 4.52 Å². The Kier molecular flexibility index (Phi) is 4.72. The first kappa shape index (κ1) is 19.6. The van der Waals surface area contributed by atoms with E-state index in [4.69, 9.17) is 0 Å². The molecule has 0 aliphatic heterocycles. The normalized spacial score (nSPS) is 11.9. The van der Waals surface area contributed by atoms with Gasteiger partial charge in [0.2, 0.25) is 0 Å². The van der Waals surface area contributed by atoms with Gasteiger partial charge in [-0.1, -0.05) is 40.2 Å². The third-order valence-corrected chi connectivity index (χ3v) is 4.40. The number of fused-ring (bicyclic) bond motifs is 3. The Balaban J connectivity index is 0.00000225. The van der Waals surface area contributed by atoms with Gasteiger partial charge in [0, 0.05) is 11.1 Å². The van der Waals surface area contributed by atoms with Gasteiger partial charge in [0.05, 0.1) is 10.9 Å². The predicted molar refractivity (Wildman–Crippen MR) is 94.7 cm³/mol. The minimum Gasteiger partial charge on any atom is -0.870 e. The smallest absolute Gasteiger partial charge is 0.416 e. The maximum Gasteiger partial charge on any atom is 0.416 e. The standard InChI is InChI=1S/C19H15F3N4O.H2O/c1-11(2)16-14-5-3-4-6-15(14)26-17(23-16)18(27)25(24-26)13-9-7-12(8-10-13)19(20,21)22;/h3-11H,1-2H3;1H2. The van der Waals surface area contributed by atoms with Crippen LogP contribution in [0.5, 0.6) is 5.88 Å². The topological polar surface area (TPSA) is 85.0 Å². The highest BCUT2D eigenvalue weighted by Crippen LogP contribution is 2.30. The van der Waals surface area contributed by atoms with Gasteiger partial charge in [0.25, 0.3) is 0 Å². The van der Waals surface area contributed by atoms with Gasteiger partial charge in [-0.05, 0) is 36.4 Å². The van der Waals surface area contributed by atoms with E-state index in [-0.39, 0.29) is 22.9 Å². The number of alkyl halides is 3. The molecule has 0 unspecified atom stereocenters. The average molecular weight is 390 g/mol. The van der Waals surface area contributed by atoms with E-state index in [9.17, 15) is 18.3 Å². The van der Waals surface area contributed by atoms with Crippen LogP contribution in [-0.4, -0.2) is 25.5 Å². The fourth-order valence-corrected chi connectivity index (χ4v) is 3.08. The van der Waals surface area contributed by atoms with Crippen molar-refractivity contribution in [2.75, 3.05) is 0 Å². The minimum absolute atomic E-state index is 0. The predicted octanol–water partition coefficient (Wildman–Crippen LogP) is 3.83. The molecule has 0 saturated carbocycles. The maximum atomic E-state index is 12.8. The molecule has 2 N–H and O–H groups in total. The maximum absolute atomic E-state index is 12.8. The van der Waals surface area contributed by atoms with Crippen molar-refractivity contribution in [1.29, 1.82) is 0 Å². The van der Waals surface area contributed by atoms with Crippen molar-refractivity contribution >= 4 is 16.6 Å². The van der Waals surface area contributed by atoms with E-state index >= 15 is 0 Å². The van der Waals surface area contributed by atoms with Crippen LogP contribution in [-0.2, 0) is 6.18 Å². The van der Waals surface area contributed by atoms with Crippen LogP contribution >= 0.6 is 0 Å². The molecule has 146 valence electrons. The van der Waals surface area contributed by atoms with Crippen LogP contribution in [0.1, 0.15) is 31.0 Å². The zero-order valence-electron chi connectivity index (χ0n) is 15.0. The lowest BCUT2D eigenvalue weighted by atomic mass is 10.0. The zero-order valence-corrected chi connectivity index (χ0v) is 15.0. The second-order valence-electron chi connectivity index (χ2n) is 6.57. The Morgan fingerprint density at radius 3 is 2.29 bits per heavy atom. The summed E-state index contributed by atoms with van der Waals surface area (Å²) in [6.07, 6.45) is -4.42. The molecule has 4 rings (SSSR count). The van der Waals surface area contributed by atoms with Crippen molar-refractivity contribution in [2.45, 2.75) is 25.9 Å². The number of halogens is 3. The summed E-state index contributed by atoms with van der Waals surface area (Å²) in [5, 5.41) is 15.9. The number of para-hydroxylation sites is 1. The first-order chi connectivity index (χ1) is 12.8. The van der Waals surface area contributed by atoms with Crippen molar-refractivity contribution in [3.63, 3.8) is 0 Å². The second kappa shape index (κ2) is 6.75. The van der Waals surface area contributed by atoms with Gasteiger partial charge >= 0.3 is 17.7 Å². The molecule has 0 amide bonds. The molecule has 0 aliphatic carbocycles. The third-order valence-electron chi connectivity index (χ3n) is 4.40. The van der Waals surface area contributed by atoms with Gasteiger partial charge in [-0.15, -0.1) is 0 Å². The van der Waals surface area contributed by atoms with Crippen molar-refractivity contribution in [3.05, 3.63) is 59.8 Å². The molecule has 0 aliphatic rings. The van der Waals surface area contributed by atoms with Gasteiger partial charge in [-0.2, -0.15) is 13.2 Å². The number of aromatic hydroxyl groups is 1. The highest BCUT2D eigenvalue weighted by molar-refractivity contribution is 5.80. The summed E-state index contributed by atoms with van der Waals surface area (Å²) in [5.41, 5.74) is 1.36. The molecule has 4 aromatic rings. The fourth-order valence-electron chi connectivity index (χ4n) is 3.08. The molecule has 9 heteroatoms. The Morgan fingerprint density at radius 2 is 1.68 bits per heavy atom. The SMILES string of the molecule is CC(C)c1nc2c(O)n(-c3ccc(C(F)(F)F)cc3)n[n+]2c2ccccc12.[OH-]. The van der Waals surface area contributed by atoms with Crippen LogP contribution in [0.2, 0.25) is 0 Å². The molecule has 28 heavy (non-hydrogen) atoms. The monoisotopic (exact) mass is 390 g/mol. The van der Waals surface area contributed by atoms with Crippen LogP contribution in [0.3, 0.4) is 0 Å². The van der Waals surface area contributed by atoms with Gasteiger partial charge in [0.1, 0.15) is 16.9 Å². The summed E-state index contributed by atoms with van der Waals surface area (Å²) in [6.45, 7) is 4.01. The van der Waals surface area contributed by atoms with E-state index in [0.717, 1.165) is 28.7 Å². The summed E-state index contributed by atoms with van der Waals surface area (Å²) in [5.74, 6) is -0.115. The Labute approximate surface area is 157 Å². The number of nitrogens with zero attached hydrogens (tertiary/aromatic N) is 4. The van der Waals surface area contributed by atoms with E-state index < -0.39 is 11.7 Å². The summed E-state index contributed by atoms with van der Waals surface area (Å²) in [6, 6.07) is 12.0. The van der Waals surface area contributed by atoms with Crippen LogP contribution in [0, 0.1) is 0 Å². The van der Waals surface area contributed by atoms with Gasteiger partial charge in [-0.25, -0.2) is 0 Å². The Bertz CT molecular complexity index is 1150. The van der Waals surface area contributed by atoms with Crippen LogP contribution in [0.4, 0.5) is 13.2 Å². The summed E-state index contributed by atoms with van der Waals surface area (Å²) in [7, 11) is 0. The Hall–Kier alpha value is -3.20. The van der Waals surface area contributed by atoms with Gasteiger partial charge in [0.15, 0.2) is 0 Å². The number of rotatable bonds is 2. The van der Waals surface area contributed by atoms with Crippen molar-refractivity contribution < 1.29 is 28.3 Å². The minimum atomic E-state index is -4.42. The molecule has 6 nitrogen and oxygen atoms in total.